The maximum atomic E-state index is 10.4. The van der Waals surface area contributed by atoms with Crippen molar-refractivity contribution in [2.24, 2.45) is 5.92 Å². The van der Waals surface area contributed by atoms with E-state index in [-0.39, 0.29) is 48.1 Å². The topological polar surface area (TPSA) is 148 Å². The summed E-state index contributed by atoms with van der Waals surface area (Å²) < 4.78 is 9.07. The summed E-state index contributed by atoms with van der Waals surface area (Å²) in [6, 6.07) is 3.38. The molecule has 0 unspecified atom stereocenters. The minimum absolute atomic E-state index is 0. The van der Waals surface area contributed by atoms with E-state index < -0.39 is 19.0 Å². The Morgan fingerprint density at radius 3 is 2.06 bits per heavy atom. The fraction of sp³-hybridized carbons (Fsp3) is 0.474. The molecule has 0 radical (unpaired) electrons. The first-order valence-corrected chi connectivity index (χ1v) is 8.63. The molecule has 12 heteroatoms. The van der Waals surface area contributed by atoms with Crippen LogP contribution in [0.2, 0.25) is 6.82 Å². The molecule has 1 saturated heterocycles. The van der Waals surface area contributed by atoms with Crippen LogP contribution in [-0.4, -0.2) is 69.4 Å². The van der Waals surface area contributed by atoms with Crippen LogP contribution in [0.5, 0.6) is 0 Å². The molecule has 2 rings (SSSR count). The first-order chi connectivity index (χ1) is 13.3. The Morgan fingerprint density at radius 1 is 1.23 bits per heavy atom. The summed E-state index contributed by atoms with van der Waals surface area (Å²) in [6.45, 7) is 3.38. The van der Waals surface area contributed by atoms with Gasteiger partial charge in [0.2, 0.25) is 0 Å². The number of carboxylic acids is 2. The molecule has 1 fully saturated rings. The van der Waals surface area contributed by atoms with Crippen LogP contribution in [0.1, 0.15) is 32.3 Å². The Labute approximate surface area is 199 Å². The smallest absolute Gasteiger partial charge is 0.307 e. The average Bonchev–Trinajstić information content (AvgIpc) is 2.64. The van der Waals surface area contributed by atoms with Gasteiger partial charge in [-0.15, -0.1) is 0 Å². The summed E-state index contributed by atoms with van der Waals surface area (Å²) in [7, 11) is -0.0780. The van der Waals surface area contributed by atoms with Crippen LogP contribution < -0.4 is 0 Å². The van der Waals surface area contributed by atoms with Crippen molar-refractivity contribution in [2.45, 2.75) is 39.9 Å². The standard InChI is InChI=1S/C8H16BNO3.C7H7NO2.C2HBO2.CH4.CH3.Pd/c1-9(13)10-4-2-7(3-5-10)6-8(11)12;9-7(10)5-6-1-3-8-4-2-6;4-2-1-3-5;;;/h7,13H,2-6H2,1H3,(H,11,12);1-4H,5H2,(H,9,10);4H;1H4;1H3;/q;;;;-1;. The minimum Gasteiger partial charge on any atom is -0.481 e. The van der Waals surface area contributed by atoms with Gasteiger partial charge in [0.15, 0.2) is 0 Å². The van der Waals surface area contributed by atoms with E-state index in [1.165, 1.54) is 6.11 Å². The van der Waals surface area contributed by atoms with E-state index in [9.17, 15) is 14.6 Å². The van der Waals surface area contributed by atoms with Crippen molar-refractivity contribution in [3.05, 3.63) is 37.5 Å². The number of rotatable bonds is 5. The normalized spacial score (nSPS) is 11.9. The number of aliphatic hydroxyl groups is 1. The minimum atomic E-state index is -0.814. The van der Waals surface area contributed by atoms with Gasteiger partial charge in [-0.1, -0.05) is 7.43 Å². The van der Waals surface area contributed by atoms with Crippen LogP contribution in [0, 0.1) is 25.3 Å². The van der Waals surface area contributed by atoms with Gasteiger partial charge in [0.05, 0.1) is 6.42 Å². The van der Waals surface area contributed by atoms with Crippen molar-refractivity contribution in [1.82, 2.24) is 9.79 Å². The van der Waals surface area contributed by atoms with Crippen molar-refractivity contribution in [3.8, 4) is 11.9 Å². The molecule has 0 amide bonds. The van der Waals surface area contributed by atoms with E-state index in [1.807, 2.05) is 4.81 Å². The number of hydrogen-bond donors (Lipinski definition) is 4. The maximum absolute atomic E-state index is 10.4. The second-order valence-electron chi connectivity index (χ2n) is 6.01. The number of aliphatic carboxylic acids is 2. The maximum Gasteiger partial charge on any atom is 0.307 e. The fourth-order valence-electron chi connectivity index (χ4n) is 2.48. The summed E-state index contributed by atoms with van der Waals surface area (Å²) in [5.74, 6) is 0.509. The number of hydrogen-bond acceptors (Lipinski definition) is 7. The van der Waals surface area contributed by atoms with E-state index in [2.05, 4.69) is 4.98 Å². The molecule has 9 nitrogen and oxygen atoms in total. The van der Waals surface area contributed by atoms with Crippen LogP contribution >= 0.6 is 0 Å². The van der Waals surface area contributed by atoms with Crippen molar-refractivity contribution in [2.75, 3.05) is 13.1 Å². The van der Waals surface area contributed by atoms with E-state index in [1.54, 1.807) is 37.2 Å². The van der Waals surface area contributed by atoms with Gasteiger partial charge >= 0.3 is 47.9 Å². The third-order valence-corrected chi connectivity index (χ3v) is 3.87. The van der Waals surface area contributed by atoms with Crippen LogP contribution in [0.25, 0.3) is 0 Å². The Balaban J connectivity index is -0.000000183. The zero-order valence-electron chi connectivity index (χ0n) is 17.0. The van der Waals surface area contributed by atoms with Crippen LogP contribution in [0.4, 0.5) is 0 Å². The average molecular weight is 528 g/mol. The molecule has 1 aromatic rings. The number of carbonyl (C=O) groups is 2. The molecule has 1 aliphatic rings. The Hall–Kier alpha value is -2.04. The van der Waals surface area contributed by atoms with E-state index in [0.29, 0.717) is 13.1 Å². The van der Waals surface area contributed by atoms with Crippen molar-refractivity contribution in [1.29, 1.82) is 0 Å². The van der Waals surface area contributed by atoms with Gasteiger partial charge in [0.25, 0.3) is 0 Å². The zero-order chi connectivity index (χ0) is 21.4. The zero-order valence-corrected chi connectivity index (χ0v) is 18.6. The number of aliphatic hydroxyl groups excluding tert-OH is 1. The Morgan fingerprint density at radius 2 is 1.74 bits per heavy atom. The molecule has 31 heavy (non-hydrogen) atoms. The molecule has 0 saturated carbocycles. The number of pyridine rings is 1. The van der Waals surface area contributed by atoms with Crippen molar-refractivity contribution < 1.29 is 55.1 Å². The SMILES string of the molecule is C.CB(O)N1CCC(CC(=O)O)CC1.O=BC#CO.O=C(O)Cc1ccncc1.[CH3-].[Pd]. The fourth-order valence-corrected chi connectivity index (χ4v) is 2.48. The number of piperidine rings is 1. The molecular formula is C19H31B2N2O7Pd-. The van der Waals surface area contributed by atoms with E-state index >= 15 is 0 Å². The quantitative estimate of drug-likeness (QED) is 0.253. The van der Waals surface area contributed by atoms with E-state index in [0.717, 1.165) is 31.5 Å². The number of nitrogens with zero attached hydrogens (tertiary/aromatic N) is 2. The van der Waals surface area contributed by atoms with Gasteiger partial charge in [0.1, 0.15) is 0 Å². The molecule has 0 aromatic carbocycles. The van der Waals surface area contributed by atoms with Gasteiger partial charge in [-0.25, -0.2) is 0 Å². The summed E-state index contributed by atoms with van der Waals surface area (Å²) in [5, 5.41) is 33.7. The van der Waals surface area contributed by atoms with Crippen LogP contribution in [0.3, 0.4) is 0 Å². The Kier molecular flexibility index (Phi) is 26.5. The molecule has 0 atom stereocenters. The Bertz CT molecular complexity index is 662. The monoisotopic (exact) mass is 527 g/mol. The van der Waals surface area contributed by atoms with Gasteiger partial charge in [-0.3, -0.25) is 14.6 Å². The molecule has 1 aromatic heterocycles. The molecule has 0 spiro atoms. The van der Waals surface area contributed by atoms with E-state index in [4.69, 9.17) is 20.0 Å². The van der Waals surface area contributed by atoms with Gasteiger partial charge in [-0.05, 0) is 56.4 Å². The first-order valence-electron chi connectivity index (χ1n) is 8.63. The third-order valence-electron chi connectivity index (χ3n) is 3.87. The molecule has 176 valence electrons. The molecule has 0 bridgehead atoms. The first kappa shape index (κ1) is 36.3. The van der Waals surface area contributed by atoms with Crippen LogP contribution in [0.15, 0.2) is 24.5 Å². The summed E-state index contributed by atoms with van der Waals surface area (Å²) in [5.41, 5.74) is 0.780. The van der Waals surface area contributed by atoms with Crippen molar-refractivity contribution >= 4 is 26.1 Å². The second-order valence-corrected chi connectivity index (χ2v) is 6.01. The molecule has 1 aliphatic heterocycles. The molecular weight excluding hydrogens is 496 g/mol. The number of aromatic nitrogens is 1. The molecule has 0 aliphatic carbocycles. The number of carboxylic acid groups (broad SMARTS) is 2. The van der Waals surface area contributed by atoms with Crippen molar-refractivity contribution in [3.63, 3.8) is 0 Å². The largest absolute Gasteiger partial charge is 0.481 e. The van der Waals surface area contributed by atoms with Crippen LogP contribution in [-0.2, 0) is 41.1 Å². The van der Waals surface area contributed by atoms with Gasteiger partial charge in [-0.2, -0.15) is 0 Å². The predicted molar refractivity (Wildman–Crippen MR) is 115 cm³/mol. The van der Waals surface area contributed by atoms with Gasteiger partial charge < -0.3 is 27.5 Å². The summed E-state index contributed by atoms with van der Waals surface area (Å²) >= 11 is 0. The molecule has 2 heterocycles. The van der Waals surface area contributed by atoms with Gasteiger partial charge in [0, 0.05) is 39.2 Å². The third kappa shape index (κ3) is 21.0. The molecule has 4 N–H and O–H groups in total. The summed E-state index contributed by atoms with van der Waals surface area (Å²) in [6.07, 6.45) is 6.68. The second kappa shape index (κ2) is 22.6. The summed E-state index contributed by atoms with van der Waals surface area (Å²) in [4.78, 5) is 26.3. The predicted octanol–water partition coefficient (Wildman–Crippen LogP) is 1.40.